The smallest absolute Gasteiger partial charge is 0.150 e. The van der Waals surface area contributed by atoms with Crippen LogP contribution in [0, 0.1) is 6.92 Å². The summed E-state index contributed by atoms with van der Waals surface area (Å²) in [7, 11) is 1.82. The van der Waals surface area contributed by atoms with Crippen LogP contribution in [-0.2, 0) is 0 Å². The molecule has 0 saturated heterocycles. The summed E-state index contributed by atoms with van der Waals surface area (Å²) < 4.78 is 1.80. The molecular formula is C12H12Br2N4. The van der Waals surface area contributed by atoms with Crippen molar-refractivity contribution in [1.29, 1.82) is 0 Å². The van der Waals surface area contributed by atoms with Gasteiger partial charge in [-0.15, -0.1) is 0 Å². The molecule has 0 spiro atoms. The van der Waals surface area contributed by atoms with Crippen LogP contribution in [0.3, 0.4) is 0 Å². The van der Waals surface area contributed by atoms with Crippen LogP contribution in [0.4, 0.5) is 17.3 Å². The Kier molecular flexibility index (Phi) is 4.19. The predicted octanol–water partition coefficient (Wildman–Crippen LogP) is 4.10. The van der Waals surface area contributed by atoms with E-state index in [1.165, 1.54) is 11.9 Å². The zero-order chi connectivity index (χ0) is 13.1. The fourth-order valence-electron chi connectivity index (χ4n) is 1.48. The average molecular weight is 372 g/mol. The molecule has 0 aliphatic carbocycles. The highest BCUT2D eigenvalue weighted by atomic mass is 79.9. The van der Waals surface area contributed by atoms with Crippen LogP contribution >= 0.6 is 31.9 Å². The van der Waals surface area contributed by atoms with Gasteiger partial charge >= 0.3 is 0 Å². The molecule has 1 aromatic carbocycles. The zero-order valence-corrected chi connectivity index (χ0v) is 13.1. The number of rotatable bonds is 3. The van der Waals surface area contributed by atoms with Gasteiger partial charge < -0.3 is 10.6 Å². The molecule has 0 aliphatic rings. The van der Waals surface area contributed by atoms with Gasteiger partial charge in [0.2, 0.25) is 0 Å². The Balaban J connectivity index is 2.34. The highest BCUT2D eigenvalue weighted by Crippen LogP contribution is 2.31. The van der Waals surface area contributed by atoms with Crippen molar-refractivity contribution < 1.29 is 0 Å². The third-order valence-electron chi connectivity index (χ3n) is 2.40. The van der Waals surface area contributed by atoms with Crippen molar-refractivity contribution in [2.24, 2.45) is 0 Å². The van der Waals surface area contributed by atoms with E-state index in [2.05, 4.69) is 58.5 Å². The Bertz CT molecular complexity index is 572. The highest BCUT2D eigenvalue weighted by molar-refractivity contribution is 9.11. The molecule has 18 heavy (non-hydrogen) atoms. The Labute approximate surface area is 122 Å². The van der Waals surface area contributed by atoms with Gasteiger partial charge in [0.05, 0.1) is 5.69 Å². The topological polar surface area (TPSA) is 49.8 Å². The van der Waals surface area contributed by atoms with Crippen LogP contribution < -0.4 is 10.6 Å². The van der Waals surface area contributed by atoms with Crippen molar-refractivity contribution in [3.8, 4) is 0 Å². The second-order valence-corrected chi connectivity index (χ2v) is 5.39. The van der Waals surface area contributed by atoms with Crippen LogP contribution in [0.1, 0.15) is 5.56 Å². The molecule has 0 atom stereocenters. The number of halogens is 2. The van der Waals surface area contributed by atoms with Crippen molar-refractivity contribution in [2.45, 2.75) is 6.92 Å². The number of nitrogens with one attached hydrogen (secondary N) is 2. The molecule has 0 aliphatic heterocycles. The van der Waals surface area contributed by atoms with Crippen molar-refractivity contribution in [3.63, 3.8) is 0 Å². The normalized spacial score (nSPS) is 10.2. The first kappa shape index (κ1) is 13.3. The minimum atomic E-state index is 0.721. The fourth-order valence-corrected chi connectivity index (χ4v) is 2.57. The van der Waals surface area contributed by atoms with E-state index in [0.29, 0.717) is 0 Å². The van der Waals surface area contributed by atoms with Gasteiger partial charge in [-0.25, -0.2) is 9.97 Å². The number of aromatic nitrogens is 2. The van der Waals surface area contributed by atoms with Gasteiger partial charge in [0.25, 0.3) is 0 Å². The lowest BCUT2D eigenvalue weighted by molar-refractivity contribution is 1.14. The van der Waals surface area contributed by atoms with Crippen LogP contribution in [0.5, 0.6) is 0 Å². The third kappa shape index (κ3) is 2.81. The molecule has 2 aromatic rings. The molecular weight excluding hydrogens is 360 g/mol. The monoisotopic (exact) mass is 370 g/mol. The van der Waals surface area contributed by atoms with Crippen molar-refractivity contribution in [2.75, 3.05) is 17.7 Å². The zero-order valence-electron chi connectivity index (χ0n) is 9.96. The van der Waals surface area contributed by atoms with Gasteiger partial charge in [0, 0.05) is 11.5 Å². The summed E-state index contributed by atoms with van der Waals surface area (Å²) in [5, 5.41) is 6.25. The molecule has 4 nitrogen and oxygen atoms in total. The molecule has 2 rings (SSSR count). The maximum Gasteiger partial charge on any atom is 0.150 e. The highest BCUT2D eigenvalue weighted by Gasteiger charge is 2.09. The second-order valence-electron chi connectivity index (χ2n) is 3.74. The molecule has 1 heterocycles. The molecule has 2 N–H and O–H groups in total. The molecule has 94 valence electrons. The molecule has 0 saturated carbocycles. The van der Waals surface area contributed by atoms with E-state index in [-0.39, 0.29) is 0 Å². The third-order valence-corrected chi connectivity index (χ3v) is 3.81. The Hall–Kier alpha value is -1.14. The lowest BCUT2D eigenvalue weighted by Gasteiger charge is -2.11. The van der Waals surface area contributed by atoms with E-state index in [0.717, 1.165) is 26.3 Å². The largest absolute Gasteiger partial charge is 0.372 e. The molecule has 0 amide bonds. The molecule has 0 fully saturated rings. The first-order valence-corrected chi connectivity index (χ1v) is 6.92. The van der Waals surface area contributed by atoms with E-state index in [9.17, 15) is 0 Å². The summed E-state index contributed by atoms with van der Waals surface area (Å²) in [6.45, 7) is 2.05. The van der Waals surface area contributed by atoms with Gasteiger partial charge in [-0.05, 0) is 56.5 Å². The lowest BCUT2D eigenvalue weighted by atomic mass is 10.2. The number of aryl methyl sites for hydroxylation is 1. The van der Waals surface area contributed by atoms with Crippen molar-refractivity contribution in [1.82, 2.24) is 9.97 Å². The van der Waals surface area contributed by atoms with Crippen LogP contribution in [0.2, 0.25) is 0 Å². The molecule has 0 unspecified atom stereocenters. The number of nitrogens with zero attached hydrogens (tertiary/aromatic N) is 2. The summed E-state index contributed by atoms with van der Waals surface area (Å²) >= 11 is 7.00. The van der Waals surface area contributed by atoms with Gasteiger partial charge in [-0.3, -0.25) is 0 Å². The van der Waals surface area contributed by atoms with E-state index in [1.807, 2.05) is 26.1 Å². The molecule has 6 heteroatoms. The summed E-state index contributed by atoms with van der Waals surface area (Å²) in [5.74, 6) is 1.47. The Morgan fingerprint density at radius 1 is 1.11 bits per heavy atom. The minimum absolute atomic E-state index is 0.721. The van der Waals surface area contributed by atoms with Gasteiger partial charge in [-0.2, -0.15) is 0 Å². The fraction of sp³-hybridized carbons (Fsp3) is 0.167. The van der Waals surface area contributed by atoms with E-state index >= 15 is 0 Å². The second kappa shape index (κ2) is 5.67. The van der Waals surface area contributed by atoms with Crippen molar-refractivity contribution in [3.05, 3.63) is 39.0 Å². The first-order chi connectivity index (χ1) is 8.61. The Morgan fingerprint density at radius 2 is 1.83 bits per heavy atom. The maximum atomic E-state index is 4.22. The molecule has 0 bridgehead atoms. The maximum absolute atomic E-state index is 4.22. The molecule has 1 aromatic heterocycles. The predicted molar refractivity (Wildman–Crippen MR) is 81.4 cm³/mol. The molecule has 0 radical (unpaired) electrons. The lowest BCUT2D eigenvalue weighted by Crippen LogP contribution is -2.00. The standard InChI is InChI=1S/C12H12Br2N4/c1-7-3-4-9(8(13)5-7)18-12-10(14)11(15-2)16-6-17-12/h3-6H,1-2H3,(H2,15,16,17,18). The summed E-state index contributed by atoms with van der Waals surface area (Å²) in [4.78, 5) is 8.33. The number of hydrogen-bond donors (Lipinski definition) is 2. The number of benzene rings is 1. The summed E-state index contributed by atoms with van der Waals surface area (Å²) in [6.07, 6.45) is 1.51. The minimum Gasteiger partial charge on any atom is -0.372 e. The Morgan fingerprint density at radius 3 is 2.50 bits per heavy atom. The average Bonchev–Trinajstić information content (AvgIpc) is 2.35. The van der Waals surface area contributed by atoms with Gasteiger partial charge in [-0.1, -0.05) is 6.07 Å². The van der Waals surface area contributed by atoms with E-state index < -0.39 is 0 Å². The quantitative estimate of drug-likeness (QED) is 0.852. The van der Waals surface area contributed by atoms with Crippen LogP contribution in [-0.4, -0.2) is 17.0 Å². The van der Waals surface area contributed by atoms with Crippen LogP contribution in [0.25, 0.3) is 0 Å². The van der Waals surface area contributed by atoms with E-state index in [1.54, 1.807) is 0 Å². The van der Waals surface area contributed by atoms with Gasteiger partial charge in [0.15, 0.2) is 0 Å². The first-order valence-electron chi connectivity index (χ1n) is 5.33. The number of anilines is 3. The van der Waals surface area contributed by atoms with Crippen molar-refractivity contribution >= 4 is 49.2 Å². The summed E-state index contributed by atoms with van der Waals surface area (Å²) in [6, 6.07) is 6.10. The van der Waals surface area contributed by atoms with E-state index in [4.69, 9.17) is 0 Å². The number of hydrogen-bond acceptors (Lipinski definition) is 4. The summed E-state index contributed by atoms with van der Waals surface area (Å²) in [5.41, 5.74) is 2.16. The van der Waals surface area contributed by atoms with Gasteiger partial charge in [0.1, 0.15) is 22.4 Å². The SMILES string of the molecule is CNc1ncnc(Nc2ccc(C)cc2Br)c1Br. The van der Waals surface area contributed by atoms with Crippen LogP contribution in [0.15, 0.2) is 33.5 Å².